The maximum absolute atomic E-state index is 11.8. The molecule has 1 N–H and O–H groups in total. The van der Waals surface area contributed by atoms with Crippen LogP contribution in [0.3, 0.4) is 0 Å². The van der Waals surface area contributed by atoms with Gasteiger partial charge in [-0.1, -0.05) is 30.3 Å². The summed E-state index contributed by atoms with van der Waals surface area (Å²) >= 11 is 0. The molecule has 1 saturated heterocycles. The fraction of sp³-hybridized carbons (Fsp3) is 0.500. The number of likely N-dealkylation sites (tertiary alicyclic amines) is 1. The van der Waals surface area contributed by atoms with E-state index in [4.69, 9.17) is 4.74 Å². The average molecular weight is 249 g/mol. The highest BCUT2D eigenvalue weighted by molar-refractivity contribution is 5.68. The minimum absolute atomic E-state index is 0.279. The van der Waals surface area contributed by atoms with Crippen molar-refractivity contribution >= 4 is 6.09 Å². The number of nitrogens with zero attached hydrogens (tertiary/aromatic N) is 1. The third-order valence-electron chi connectivity index (χ3n) is 3.67. The van der Waals surface area contributed by atoms with Gasteiger partial charge < -0.3 is 14.7 Å². The number of hydrogen-bond donors (Lipinski definition) is 1. The minimum atomic E-state index is -0.978. The molecule has 4 nitrogen and oxygen atoms in total. The highest BCUT2D eigenvalue weighted by atomic mass is 16.6. The van der Waals surface area contributed by atoms with Gasteiger partial charge in [-0.3, -0.25) is 0 Å². The van der Waals surface area contributed by atoms with Crippen LogP contribution in [0.5, 0.6) is 0 Å². The Hall–Kier alpha value is -1.55. The Balaban J connectivity index is 2.20. The molecule has 1 aliphatic rings. The Bertz CT molecular complexity index is 420. The molecule has 98 valence electrons. The molecule has 1 aromatic carbocycles. The summed E-state index contributed by atoms with van der Waals surface area (Å²) in [6.07, 6.45) is 0.189. The number of aliphatic hydroxyl groups is 1. The van der Waals surface area contributed by atoms with Crippen LogP contribution in [0.15, 0.2) is 30.3 Å². The molecule has 18 heavy (non-hydrogen) atoms. The van der Waals surface area contributed by atoms with E-state index in [0.29, 0.717) is 19.6 Å². The molecule has 1 aromatic rings. The Labute approximate surface area is 107 Å². The Kier molecular flexibility index (Phi) is 3.57. The molecule has 0 aromatic heterocycles. The number of rotatable bonds is 2. The van der Waals surface area contributed by atoms with Crippen molar-refractivity contribution < 1.29 is 14.6 Å². The van der Waals surface area contributed by atoms with E-state index in [1.54, 1.807) is 11.8 Å². The van der Waals surface area contributed by atoms with Crippen molar-refractivity contribution in [1.29, 1.82) is 0 Å². The molecular formula is C14H19NO3. The number of hydrogen-bond acceptors (Lipinski definition) is 3. The lowest BCUT2D eigenvalue weighted by molar-refractivity contribution is 0.00478. The molecule has 2 atom stereocenters. The SMILES string of the molecule is CCOC(=O)N1CCC(O)(c2ccccc2)C1C. The van der Waals surface area contributed by atoms with E-state index in [2.05, 4.69) is 0 Å². The van der Waals surface area contributed by atoms with Crippen molar-refractivity contribution in [1.82, 2.24) is 4.90 Å². The predicted molar refractivity (Wildman–Crippen MR) is 68.1 cm³/mol. The Morgan fingerprint density at radius 2 is 2.17 bits per heavy atom. The Morgan fingerprint density at radius 3 is 2.78 bits per heavy atom. The standard InChI is InChI=1S/C14H19NO3/c1-3-18-13(16)15-10-9-14(17,11(15)2)12-7-5-4-6-8-12/h4-8,11,17H,3,9-10H2,1-2H3. The van der Waals surface area contributed by atoms with Crippen LogP contribution in [0, 0.1) is 0 Å². The number of benzene rings is 1. The third kappa shape index (κ3) is 2.08. The third-order valence-corrected chi connectivity index (χ3v) is 3.67. The van der Waals surface area contributed by atoms with E-state index in [-0.39, 0.29) is 12.1 Å². The van der Waals surface area contributed by atoms with Gasteiger partial charge >= 0.3 is 6.09 Å². The second-order valence-electron chi connectivity index (χ2n) is 4.61. The molecule has 1 heterocycles. The van der Waals surface area contributed by atoms with Gasteiger partial charge in [0.15, 0.2) is 0 Å². The fourth-order valence-corrected chi connectivity index (χ4v) is 2.52. The van der Waals surface area contributed by atoms with Crippen LogP contribution in [0.1, 0.15) is 25.8 Å². The first-order valence-corrected chi connectivity index (χ1v) is 6.31. The van der Waals surface area contributed by atoms with Gasteiger partial charge in [0, 0.05) is 13.0 Å². The molecule has 1 fully saturated rings. The summed E-state index contributed by atoms with van der Waals surface area (Å²) in [5.41, 5.74) is -0.127. The molecular weight excluding hydrogens is 230 g/mol. The fourth-order valence-electron chi connectivity index (χ4n) is 2.52. The second-order valence-corrected chi connectivity index (χ2v) is 4.61. The highest BCUT2D eigenvalue weighted by Gasteiger charge is 2.46. The lowest BCUT2D eigenvalue weighted by atomic mass is 9.87. The van der Waals surface area contributed by atoms with Crippen molar-refractivity contribution in [3.8, 4) is 0 Å². The van der Waals surface area contributed by atoms with Gasteiger partial charge in [-0.05, 0) is 19.4 Å². The van der Waals surface area contributed by atoms with Gasteiger partial charge in [0.2, 0.25) is 0 Å². The van der Waals surface area contributed by atoms with Gasteiger partial charge in [-0.15, -0.1) is 0 Å². The molecule has 2 unspecified atom stereocenters. The number of carbonyl (C=O) groups is 1. The lowest BCUT2D eigenvalue weighted by Gasteiger charge is -2.31. The van der Waals surface area contributed by atoms with Crippen LogP contribution in [-0.4, -0.2) is 35.3 Å². The molecule has 0 radical (unpaired) electrons. The smallest absolute Gasteiger partial charge is 0.410 e. The molecule has 0 aliphatic carbocycles. The second kappa shape index (κ2) is 4.98. The van der Waals surface area contributed by atoms with Crippen molar-refractivity contribution in [2.45, 2.75) is 31.9 Å². The van der Waals surface area contributed by atoms with E-state index >= 15 is 0 Å². The number of ether oxygens (including phenoxy) is 1. The zero-order chi connectivity index (χ0) is 13.2. The topological polar surface area (TPSA) is 49.8 Å². The normalized spacial score (nSPS) is 27.3. The summed E-state index contributed by atoms with van der Waals surface area (Å²) in [5.74, 6) is 0. The summed E-state index contributed by atoms with van der Waals surface area (Å²) in [7, 11) is 0. The molecule has 2 rings (SSSR count). The maximum Gasteiger partial charge on any atom is 0.410 e. The first kappa shape index (κ1) is 12.9. The van der Waals surface area contributed by atoms with Gasteiger partial charge in [-0.25, -0.2) is 4.79 Å². The summed E-state index contributed by atoms with van der Waals surface area (Å²) in [5, 5.41) is 10.8. The molecule has 1 aliphatic heterocycles. The summed E-state index contributed by atoms with van der Waals surface area (Å²) in [4.78, 5) is 13.4. The van der Waals surface area contributed by atoms with E-state index in [1.807, 2.05) is 37.3 Å². The summed E-state index contributed by atoms with van der Waals surface area (Å²) < 4.78 is 5.00. The zero-order valence-corrected chi connectivity index (χ0v) is 10.8. The number of carbonyl (C=O) groups excluding carboxylic acids is 1. The van der Waals surface area contributed by atoms with Crippen LogP contribution in [0.25, 0.3) is 0 Å². The van der Waals surface area contributed by atoms with E-state index in [9.17, 15) is 9.90 Å². The van der Waals surface area contributed by atoms with Crippen molar-refractivity contribution in [3.05, 3.63) is 35.9 Å². The first-order chi connectivity index (χ1) is 8.59. The van der Waals surface area contributed by atoms with Crippen LogP contribution in [0.2, 0.25) is 0 Å². The monoisotopic (exact) mass is 249 g/mol. The van der Waals surface area contributed by atoms with Crippen molar-refractivity contribution in [2.24, 2.45) is 0 Å². The van der Waals surface area contributed by atoms with Gasteiger partial charge in [-0.2, -0.15) is 0 Å². The quantitative estimate of drug-likeness (QED) is 0.873. The average Bonchev–Trinajstić information content (AvgIpc) is 2.69. The van der Waals surface area contributed by atoms with Gasteiger partial charge in [0.05, 0.1) is 12.6 Å². The predicted octanol–water partition coefficient (Wildman–Crippen LogP) is 2.12. The van der Waals surface area contributed by atoms with Gasteiger partial charge in [0.1, 0.15) is 5.60 Å². The zero-order valence-electron chi connectivity index (χ0n) is 10.8. The van der Waals surface area contributed by atoms with Crippen LogP contribution >= 0.6 is 0 Å². The molecule has 4 heteroatoms. The highest BCUT2D eigenvalue weighted by Crippen LogP contribution is 2.37. The molecule has 0 spiro atoms. The van der Waals surface area contributed by atoms with Crippen LogP contribution in [-0.2, 0) is 10.3 Å². The lowest BCUT2D eigenvalue weighted by Crippen LogP contribution is -2.43. The minimum Gasteiger partial charge on any atom is -0.450 e. The van der Waals surface area contributed by atoms with E-state index in [0.717, 1.165) is 5.56 Å². The maximum atomic E-state index is 11.8. The summed E-state index contributed by atoms with van der Waals surface area (Å²) in [6.45, 7) is 4.51. The molecule has 0 bridgehead atoms. The molecule has 1 amide bonds. The Morgan fingerprint density at radius 1 is 1.50 bits per heavy atom. The van der Waals surface area contributed by atoms with Crippen LogP contribution in [0.4, 0.5) is 4.79 Å². The first-order valence-electron chi connectivity index (χ1n) is 6.31. The van der Waals surface area contributed by atoms with E-state index in [1.165, 1.54) is 0 Å². The van der Waals surface area contributed by atoms with Crippen molar-refractivity contribution in [3.63, 3.8) is 0 Å². The van der Waals surface area contributed by atoms with E-state index < -0.39 is 5.60 Å². The van der Waals surface area contributed by atoms with Crippen molar-refractivity contribution in [2.75, 3.05) is 13.2 Å². The summed E-state index contributed by atoms with van der Waals surface area (Å²) in [6, 6.07) is 9.21. The van der Waals surface area contributed by atoms with Gasteiger partial charge in [0.25, 0.3) is 0 Å². The van der Waals surface area contributed by atoms with Crippen LogP contribution < -0.4 is 0 Å². The number of amides is 1. The largest absolute Gasteiger partial charge is 0.450 e. The molecule has 0 saturated carbocycles.